The number of ether oxygens (including phenoxy) is 2. The van der Waals surface area contributed by atoms with Crippen molar-refractivity contribution in [3.8, 4) is 11.5 Å². The molecule has 0 saturated heterocycles. The van der Waals surface area contributed by atoms with E-state index >= 15 is 0 Å². The van der Waals surface area contributed by atoms with Crippen LogP contribution < -0.4 is 14.8 Å². The Hall–Kier alpha value is -3.77. The van der Waals surface area contributed by atoms with Crippen LogP contribution in [0.2, 0.25) is 5.02 Å². The number of nitrogens with one attached hydrogen (secondary N) is 1. The third-order valence-corrected chi connectivity index (χ3v) is 6.07. The number of fused-ring (bicyclic) bond motifs is 1. The molecule has 4 aromatic rings. The van der Waals surface area contributed by atoms with Crippen LogP contribution in [-0.2, 0) is 6.54 Å². The molecule has 0 radical (unpaired) electrons. The van der Waals surface area contributed by atoms with Crippen molar-refractivity contribution in [2.45, 2.75) is 32.9 Å². The normalized spacial score (nSPS) is 12.1. The van der Waals surface area contributed by atoms with E-state index in [0.29, 0.717) is 35.2 Å². The van der Waals surface area contributed by atoms with Crippen LogP contribution in [0, 0.1) is 0 Å². The molecule has 0 aliphatic carbocycles. The summed E-state index contributed by atoms with van der Waals surface area (Å²) in [5.74, 6) is 2.01. The zero-order valence-corrected chi connectivity index (χ0v) is 21.5. The maximum Gasteiger partial charge on any atom is 0.251 e. The van der Waals surface area contributed by atoms with Gasteiger partial charge in [0, 0.05) is 17.1 Å². The second-order valence-corrected chi connectivity index (χ2v) is 8.86. The molecule has 0 saturated carbocycles. The molecule has 4 rings (SSSR count). The number of hydrogen-bond donors (Lipinski definition) is 1. The topological polar surface area (TPSA) is 65.4 Å². The second kappa shape index (κ2) is 11.8. The summed E-state index contributed by atoms with van der Waals surface area (Å²) in [6.45, 7) is 5.11. The molecule has 36 heavy (non-hydrogen) atoms. The minimum absolute atomic E-state index is 0.194. The molecule has 6 nitrogen and oxygen atoms in total. The first-order chi connectivity index (χ1) is 17.5. The lowest BCUT2D eigenvalue weighted by Gasteiger charge is -2.17. The number of aromatic nitrogens is 2. The Morgan fingerprint density at radius 2 is 1.94 bits per heavy atom. The summed E-state index contributed by atoms with van der Waals surface area (Å²) >= 11 is 6.06. The molecule has 0 spiro atoms. The number of aryl methyl sites for hydroxylation is 1. The third kappa shape index (κ3) is 5.89. The van der Waals surface area contributed by atoms with E-state index in [1.54, 1.807) is 31.4 Å². The Kier molecular flexibility index (Phi) is 8.28. The molecule has 0 aliphatic heterocycles. The highest BCUT2D eigenvalue weighted by molar-refractivity contribution is 6.30. The fourth-order valence-electron chi connectivity index (χ4n) is 4.14. The van der Waals surface area contributed by atoms with Gasteiger partial charge in [-0.3, -0.25) is 4.79 Å². The number of imidazole rings is 1. The molecule has 0 aliphatic rings. The average molecular weight is 504 g/mol. The predicted octanol–water partition coefficient (Wildman–Crippen LogP) is 6.69. The lowest BCUT2D eigenvalue weighted by molar-refractivity contribution is 0.0937. The van der Waals surface area contributed by atoms with Gasteiger partial charge in [0.25, 0.3) is 5.91 Å². The van der Waals surface area contributed by atoms with Gasteiger partial charge in [-0.05, 0) is 68.3 Å². The van der Waals surface area contributed by atoms with E-state index in [1.807, 2.05) is 68.5 Å². The summed E-state index contributed by atoms with van der Waals surface area (Å²) in [7, 11) is 1.64. The van der Waals surface area contributed by atoms with Crippen LogP contribution in [0.4, 0.5) is 0 Å². The predicted molar refractivity (Wildman–Crippen MR) is 145 cm³/mol. The third-order valence-electron chi connectivity index (χ3n) is 5.84. The summed E-state index contributed by atoms with van der Waals surface area (Å²) in [6, 6.07) is 20.5. The molecule has 0 fully saturated rings. The Bertz CT molecular complexity index is 1380. The number of benzene rings is 3. The zero-order chi connectivity index (χ0) is 25.5. The maximum atomic E-state index is 12.8. The van der Waals surface area contributed by atoms with Crippen LogP contribution in [0.1, 0.15) is 48.1 Å². The van der Waals surface area contributed by atoms with Gasteiger partial charge in [-0.25, -0.2) is 4.98 Å². The van der Waals surface area contributed by atoms with E-state index in [9.17, 15) is 4.79 Å². The number of carbonyl (C=O) groups excluding carboxylic acids is 1. The Morgan fingerprint density at radius 3 is 2.72 bits per heavy atom. The van der Waals surface area contributed by atoms with E-state index in [2.05, 4.69) is 9.88 Å². The molecule has 1 N–H and O–H groups in total. The maximum absolute atomic E-state index is 12.8. The van der Waals surface area contributed by atoms with Crippen molar-refractivity contribution in [1.29, 1.82) is 0 Å². The second-order valence-electron chi connectivity index (χ2n) is 8.43. The molecule has 1 aromatic heterocycles. The van der Waals surface area contributed by atoms with E-state index in [-0.39, 0.29) is 11.9 Å². The van der Waals surface area contributed by atoms with Gasteiger partial charge in [-0.2, -0.15) is 0 Å². The van der Waals surface area contributed by atoms with Gasteiger partial charge in [0.15, 0.2) is 11.5 Å². The lowest BCUT2D eigenvalue weighted by atomic mass is 10.2. The standard InChI is InChI=1S/C29H30ClN3O3/c1-4-9-21-14-15-26(27(18-21)35-3)36-17-8-16-33-25-13-6-5-12-24(25)32-28(33)20(2)31-29(34)22-10-7-11-23(30)19-22/h4-7,9-15,18-20H,8,16-17H2,1-3H3,(H,31,34)/b9-4+. The number of methoxy groups -OCH3 is 1. The molecule has 1 heterocycles. The lowest BCUT2D eigenvalue weighted by Crippen LogP contribution is -2.28. The van der Waals surface area contributed by atoms with Gasteiger partial charge in [-0.1, -0.05) is 48.0 Å². The number of nitrogens with zero attached hydrogens (tertiary/aromatic N) is 2. The molecular formula is C29H30ClN3O3. The number of amides is 1. The van der Waals surface area contributed by atoms with Crippen LogP contribution in [0.5, 0.6) is 11.5 Å². The molecule has 0 bridgehead atoms. The van der Waals surface area contributed by atoms with Crippen molar-refractivity contribution >= 4 is 34.6 Å². The van der Waals surface area contributed by atoms with Crippen LogP contribution >= 0.6 is 11.6 Å². The molecule has 186 valence electrons. The van der Waals surface area contributed by atoms with E-state index in [4.69, 9.17) is 26.1 Å². The number of hydrogen-bond acceptors (Lipinski definition) is 4. The van der Waals surface area contributed by atoms with Crippen molar-refractivity contribution in [3.63, 3.8) is 0 Å². The Morgan fingerprint density at radius 1 is 1.11 bits per heavy atom. The number of rotatable bonds is 10. The monoisotopic (exact) mass is 503 g/mol. The van der Waals surface area contributed by atoms with Gasteiger partial charge >= 0.3 is 0 Å². The quantitative estimate of drug-likeness (QED) is 0.245. The van der Waals surface area contributed by atoms with E-state index in [0.717, 1.165) is 28.8 Å². The van der Waals surface area contributed by atoms with Crippen LogP contribution in [0.25, 0.3) is 17.1 Å². The highest BCUT2D eigenvalue weighted by atomic mass is 35.5. The van der Waals surface area contributed by atoms with E-state index in [1.165, 1.54) is 0 Å². The van der Waals surface area contributed by atoms with Crippen LogP contribution in [-0.4, -0.2) is 29.2 Å². The van der Waals surface area contributed by atoms with Crippen molar-refractivity contribution in [3.05, 3.63) is 94.8 Å². The minimum Gasteiger partial charge on any atom is -0.493 e. The van der Waals surface area contributed by atoms with Gasteiger partial charge in [-0.15, -0.1) is 0 Å². The van der Waals surface area contributed by atoms with E-state index < -0.39 is 0 Å². The van der Waals surface area contributed by atoms with Gasteiger partial charge in [0.05, 0.1) is 30.8 Å². The van der Waals surface area contributed by atoms with Crippen LogP contribution in [0.3, 0.4) is 0 Å². The first-order valence-electron chi connectivity index (χ1n) is 11.9. The highest BCUT2D eigenvalue weighted by Gasteiger charge is 2.19. The summed E-state index contributed by atoms with van der Waals surface area (Å²) in [6.07, 6.45) is 4.76. The minimum atomic E-state index is -0.302. The summed E-state index contributed by atoms with van der Waals surface area (Å²) in [5.41, 5.74) is 3.48. The number of allylic oxidation sites excluding steroid dienone is 1. The number of para-hydroxylation sites is 2. The van der Waals surface area contributed by atoms with Crippen molar-refractivity contribution in [2.24, 2.45) is 0 Å². The summed E-state index contributed by atoms with van der Waals surface area (Å²) < 4.78 is 13.7. The van der Waals surface area contributed by atoms with Crippen molar-refractivity contribution in [1.82, 2.24) is 14.9 Å². The zero-order valence-electron chi connectivity index (χ0n) is 20.7. The average Bonchev–Trinajstić information content (AvgIpc) is 3.26. The molecular weight excluding hydrogens is 474 g/mol. The van der Waals surface area contributed by atoms with Crippen molar-refractivity contribution in [2.75, 3.05) is 13.7 Å². The number of halogens is 1. The van der Waals surface area contributed by atoms with Gasteiger partial charge in [0.2, 0.25) is 0 Å². The first-order valence-corrected chi connectivity index (χ1v) is 12.3. The Balaban J connectivity index is 1.47. The molecule has 3 aromatic carbocycles. The highest BCUT2D eigenvalue weighted by Crippen LogP contribution is 2.29. The summed E-state index contributed by atoms with van der Waals surface area (Å²) in [5, 5.41) is 3.58. The molecule has 1 atom stereocenters. The summed E-state index contributed by atoms with van der Waals surface area (Å²) in [4.78, 5) is 17.6. The first kappa shape index (κ1) is 25.3. The SMILES string of the molecule is C/C=C/c1ccc(OCCCn2c(C(C)NC(=O)c3cccc(Cl)c3)nc3ccccc32)c(OC)c1. The Labute approximate surface area is 216 Å². The fourth-order valence-corrected chi connectivity index (χ4v) is 4.33. The van der Waals surface area contributed by atoms with Gasteiger partial charge < -0.3 is 19.4 Å². The molecule has 7 heteroatoms. The van der Waals surface area contributed by atoms with Crippen LogP contribution in [0.15, 0.2) is 72.8 Å². The smallest absolute Gasteiger partial charge is 0.251 e. The molecule has 1 unspecified atom stereocenters. The number of carbonyl (C=O) groups is 1. The molecule has 1 amide bonds. The fraction of sp³-hybridized carbons (Fsp3) is 0.241. The largest absolute Gasteiger partial charge is 0.493 e. The van der Waals surface area contributed by atoms with Crippen molar-refractivity contribution < 1.29 is 14.3 Å². The van der Waals surface area contributed by atoms with Gasteiger partial charge in [0.1, 0.15) is 5.82 Å².